The van der Waals surface area contributed by atoms with Crippen LogP contribution in [0.25, 0.3) is 0 Å². The van der Waals surface area contributed by atoms with E-state index in [1.807, 2.05) is 0 Å². The van der Waals surface area contributed by atoms with Crippen LogP contribution in [-0.2, 0) is 0 Å². The fourth-order valence-electron chi connectivity index (χ4n) is 0. The number of hydrogen-bond donors (Lipinski definition) is 0. The topological polar surface area (TPSA) is 0 Å². The van der Waals surface area contributed by atoms with Crippen LogP contribution in [0.5, 0.6) is 0 Å². The zero-order valence-corrected chi connectivity index (χ0v) is 2.83. The second-order valence-corrected chi connectivity index (χ2v) is 0. The molecule has 0 unspecified atom stereocenters. The molecule has 4 heavy (non-hydrogen) atoms. The van der Waals surface area contributed by atoms with E-state index in [1.165, 1.54) is 0 Å². The molecule has 0 aromatic carbocycles. The first-order chi connectivity index (χ1) is 2.00. The number of rotatable bonds is 0. The lowest BCUT2D eigenvalue weighted by Crippen LogP contribution is -0.552. The molecule has 0 heterocycles. The van der Waals surface area contributed by atoms with Crippen LogP contribution in [0.4, 0.5) is 0 Å². The van der Waals surface area contributed by atoms with Gasteiger partial charge in [-0.2, -0.15) is 0 Å². The molecule has 0 saturated heterocycles. The van der Waals surface area contributed by atoms with Crippen LogP contribution in [-0.4, -0.2) is 0 Å². The van der Waals surface area contributed by atoms with Crippen LogP contribution in [0.3, 0.4) is 0 Å². The Balaban J connectivity index is -0.0000000133. The monoisotopic (exact) mass is 57.1 g/mol. The Morgan fingerprint density at radius 2 is 0.750 bits per heavy atom. The maximum Gasteiger partial charge on any atom is 1.00 e. The molecule has 0 aromatic heterocycles. The van der Waals surface area contributed by atoms with Gasteiger partial charge in [-0.1, -0.05) is 0 Å². The highest BCUT2D eigenvalue weighted by atomic mass is 12.7. The first-order valence-corrected chi connectivity index (χ1v) is 1.000. The molecule has 0 aromatic rings. The lowest BCUT2D eigenvalue weighted by atomic mass is 11.3. The molecule has 0 saturated carbocycles. The highest BCUT2D eigenvalue weighted by Gasteiger charge is 0.603. The second kappa shape index (κ2) is 20.1. The highest BCUT2D eigenvalue weighted by Crippen LogP contribution is 0.864. The molecule has 0 nitrogen and oxygen atoms in total. The molecule has 0 N–H and O–H groups in total. The Kier molecular flexibility index (Phi) is 49.1. The Morgan fingerprint density at radius 3 is 0.750 bits per heavy atom. The van der Waals surface area contributed by atoms with Gasteiger partial charge in [-0.05, 0) is 0 Å². The van der Waals surface area contributed by atoms with Crippen LogP contribution in [0.2, 0.25) is 0 Å². The van der Waals surface area contributed by atoms with Gasteiger partial charge in [0.15, 0.2) is 0 Å². The van der Waals surface area contributed by atoms with Crippen LogP contribution in [0.15, 0.2) is 26.3 Å². The van der Waals surface area contributed by atoms with Gasteiger partial charge in [-0.3, -0.25) is 0 Å². The minimum absolute atomic E-state index is 0. The fourth-order valence-corrected chi connectivity index (χ4v) is 0. The molecular formula is C4H9+. The van der Waals surface area contributed by atoms with Gasteiger partial charge >= 0.3 is 1.43 Å². The summed E-state index contributed by atoms with van der Waals surface area (Å²) < 4.78 is 0. The molecule has 0 aliphatic rings. The van der Waals surface area contributed by atoms with Crippen LogP contribution < -0.4 is 0 Å². The molecular weight excluding hydrogens is 48.0 g/mol. The molecule has 0 bridgehead atoms. The third-order valence-corrected chi connectivity index (χ3v) is 0. The minimum atomic E-state index is 0. The zero-order chi connectivity index (χ0) is 4.00. The molecule has 24 valence electrons. The van der Waals surface area contributed by atoms with E-state index in [9.17, 15) is 0 Å². The van der Waals surface area contributed by atoms with Gasteiger partial charge in [0.2, 0.25) is 0 Å². The molecule has 0 radical (unpaired) electrons. The Hall–Kier alpha value is -0.520. The van der Waals surface area contributed by atoms with Crippen molar-refractivity contribution < 1.29 is 1.43 Å². The molecule has 0 heteroatoms. The van der Waals surface area contributed by atoms with E-state index in [4.69, 9.17) is 0 Å². The van der Waals surface area contributed by atoms with Gasteiger partial charge in [-0.15, -0.1) is 26.3 Å². The summed E-state index contributed by atoms with van der Waals surface area (Å²) in [4.78, 5) is 0. The SMILES string of the molecule is C=C.C=C.[H+]. The predicted octanol–water partition coefficient (Wildman–Crippen LogP) is 1.72. The minimum Gasteiger partial charge on any atom is -0.106 e. The Morgan fingerprint density at radius 1 is 0.750 bits per heavy atom. The summed E-state index contributed by atoms with van der Waals surface area (Å²) in [5.74, 6) is 0. The molecule has 0 aliphatic carbocycles. The lowest BCUT2D eigenvalue weighted by molar-refractivity contribution is 2.81. The highest BCUT2D eigenvalue weighted by molar-refractivity contribution is 4.22. The van der Waals surface area contributed by atoms with Gasteiger partial charge in [-0.25, -0.2) is 0 Å². The van der Waals surface area contributed by atoms with Gasteiger partial charge in [0.05, 0.1) is 0 Å². The van der Waals surface area contributed by atoms with Crippen molar-refractivity contribution >= 4 is 0 Å². The smallest absolute Gasteiger partial charge is 0.106 e. The summed E-state index contributed by atoms with van der Waals surface area (Å²) in [6, 6.07) is 0. The molecule has 0 spiro atoms. The van der Waals surface area contributed by atoms with Crippen molar-refractivity contribution in [2.24, 2.45) is 0 Å². The van der Waals surface area contributed by atoms with E-state index in [-0.39, 0.29) is 1.43 Å². The normalized spacial score (nSPS) is 2.00. The van der Waals surface area contributed by atoms with E-state index in [0.717, 1.165) is 0 Å². The third-order valence-electron chi connectivity index (χ3n) is 0. The van der Waals surface area contributed by atoms with Crippen molar-refractivity contribution in [3.63, 3.8) is 0 Å². The van der Waals surface area contributed by atoms with Crippen LogP contribution in [0.1, 0.15) is 1.43 Å². The van der Waals surface area contributed by atoms with Crippen molar-refractivity contribution in [3.05, 3.63) is 26.3 Å². The van der Waals surface area contributed by atoms with Crippen molar-refractivity contribution in [3.8, 4) is 0 Å². The summed E-state index contributed by atoms with van der Waals surface area (Å²) in [7, 11) is 0. The molecule has 0 aliphatic heterocycles. The molecule has 0 rings (SSSR count). The van der Waals surface area contributed by atoms with Gasteiger partial charge in [0.1, 0.15) is 0 Å². The standard InChI is InChI=1S/2C2H4/c2*1-2/h2*1-2H2/p+1. The average molecular weight is 57.1 g/mol. The van der Waals surface area contributed by atoms with Crippen LogP contribution in [0, 0.1) is 0 Å². The van der Waals surface area contributed by atoms with Crippen molar-refractivity contribution in [2.75, 3.05) is 0 Å². The third kappa shape index (κ3) is 1.26. The van der Waals surface area contributed by atoms with Crippen molar-refractivity contribution in [2.45, 2.75) is 0 Å². The Labute approximate surface area is 28.9 Å². The van der Waals surface area contributed by atoms with E-state index in [1.54, 1.807) is 0 Å². The van der Waals surface area contributed by atoms with Gasteiger partial charge in [0, 0.05) is 0 Å². The van der Waals surface area contributed by atoms with E-state index >= 15 is 0 Å². The first-order valence-electron chi connectivity index (χ1n) is 1.000. The quantitative estimate of drug-likeness (QED) is 0.371. The van der Waals surface area contributed by atoms with E-state index < -0.39 is 0 Å². The van der Waals surface area contributed by atoms with Crippen molar-refractivity contribution in [1.82, 2.24) is 0 Å². The zero-order valence-electron chi connectivity index (χ0n) is 3.83. The maximum atomic E-state index is 3.00. The van der Waals surface area contributed by atoms with Crippen LogP contribution >= 0.6 is 0 Å². The summed E-state index contributed by atoms with van der Waals surface area (Å²) in [6.07, 6.45) is 0. The second-order valence-electron chi connectivity index (χ2n) is 0. The molecule has 0 fully saturated rings. The van der Waals surface area contributed by atoms with E-state index in [2.05, 4.69) is 26.3 Å². The Bertz CT molecular complexity index is 5.61. The molecule has 0 atom stereocenters. The fraction of sp³-hybridized carbons (Fsp3) is 0. The summed E-state index contributed by atoms with van der Waals surface area (Å²) in [5.41, 5.74) is 0. The summed E-state index contributed by atoms with van der Waals surface area (Å²) >= 11 is 0. The first kappa shape index (κ1) is 9.77. The molecule has 0 amide bonds. The number of hydrogen-bond acceptors (Lipinski definition) is 0. The predicted molar refractivity (Wildman–Crippen MR) is 23.6 cm³/mol. The van der Waals surface area contributed by atoms with Gasteiger partial charge in [0.25, 0.3) is 0 Å². The largest absolute Gasteiger partial charge is 1.00 e. The average Bonchev–Trinajstić information content (AvgIpc) is 1.50. The summed E-state index contributed by atoms with van der Waals surface area (Å²) in [5, 5.41) is 0. The lowest BCUT2D eigenvalue weighted by Gasteiger charge is -0.813. The maximum absolute atomic E-state index is 3.00. The summed E-state index contributed by atoms with van der Waals surface area (Å²) in [6.45, 7) is 12.0. The van der Waals surface area contributed by atoms with Gasteiger partial charge < -0.3 is 0 Å². The van der Waals surface area contributed by atoms with Crippen molar-refractivity contribution in [1.29, 1.82) is 0 Å². The van der Waals surface area contributed by atoms with E-state index in [0.29, 0.717) is 0 Å².